The van der Waals surface area contributed by atoms with Crippen molar-refractivity contribution in [3.63, 3.8) is 0 Å². The van der Waals surface area contributed by atoms with Crippen LogP contribution in [0.25, 0.3) is 11.1 Å². The second-order valence-electron chi connectivity index (χ2n) is 8.52. The molecule has 0 fully saturated rings. The third-order valence-electron chi connectivity index (χ3n) is 6.56. The summed E-state index contributed by atoms with van der Waals surface area (Å²) >= 11 is 2.82. The fourth-order valence-corrected chi connectivity index (χ4v) is 13.6. The van der Waals surface area contributed by atoms with E-state index in [0.717, 1.165) is 17.3 Å². The van der Waals surface area contributed by atoms with Crippen LogP contribution in [-0.4, -0.2) is 5.11 Å². The Morgan fingerprint density at radius 2 is 0.853 bits per heavy atom. The minimum absolute atomic E-state index is 0.308. The summed E-state index contributed by atoms with van der Waals surface area (Å²) in [5.41, 5.74) is 3.18. The van der Waals surface area contributed by atoms with E-state index in [-0.39, 0.29) is 0 Å². The van der Waals surface area contributed by atoms with Crippen molar-refractivity contribution < 1.29 is 5.11 Å². The summed E-state index contributed by atoms with van der Waals surface area (Å²) in [4.78, 5) is 0. The van der Waals surface area contributed by atoms with E-state index in [2.05, 4.69) is 137 Å². The fourth-order valence-electron chi connectivity index (χ4n) is 4.88. The van der Waals surface area contributed by atoms with E-state index >= 15 is 0 Å². The predicted molar refractivity (Wildman–Crippen MR) is 156 cm³/mol. The van der Waals surface area contributed by atoms with Crippen LogP contribution in [0.15, 0.2) is 140 Å². The molecule has 5 aromatic rings. The maximum absolute atomic E-state index is 10.7. The number of hydrogen-bond acceptors (Lipinski definition) is 1. The summed E-state index contributed by atoms with van der Waals surface area (Å²) in [6.07, 6.45) is 0.842. The van der Waals surface area contributed by atoms with Crippen molar-refractivity contribution in [1.82, 2.24) is 0 Å². The van der Waals surface area contributed by atoms with Crippen molar-refractivity contribution in [3.05, 3.63) is 145 Å². The van der Waals surface area contributed by atoms with Crippen LogP contribution in [0.5, 0.6) is 5.75 Å². The van der Waals surface area contributed by atoms with E-state index in [9.17, 15) is 5.11 Å². The van der Waals surface area contributed by atoms with Gasteiger partial charge in [-0.3, -0.25) is 0 Å². The van der Waals surface area contributed by atoms with E-state index in [1.54, 1.807) is 6.07 Å². The fraction of sp³-hybridized carbons (Fsp3) is 0.0323. The quantitative estimate of drug-likeness (QED) is 0.166. The zero-order valence-corrected chi connectivity index (χ0v) is 21.8. The van der Waals surface area contributed by atoms with E-state index in [1.807, 2.05) is 18.2 Å². The van der Waals surface area contributed by atoms with Crippen molar-refractivity contribution in [1.29, 1.82) is 0 Å². The first kappa shape index (κ1) is 22.8. The molecule has 0 atom stereocenters. The van der Waals surface area contributed by atoms with Crippen molar-refractivity contribution in [3.8, 4) is 16.9 Å². The molecule has 1 N–H and O–H groups in total. The van der Waals surface area contributed by atoms with Crippen molar-refractivity contribution in [2.45, 2.75) is 6.16 Å². The molecule has 0 amide bonds. The average molecular weight is 572 g/mol. The van der Waals surface area contributed by atoms with Crippen LogP contribution in [0.4, 0.5) is 0 Å². The van der Waals surface area contributed by atoms with Crippen LogP contribution in [0.1, 0.15) is 5.56 Å². The molecule has 0 aliphatic heterocycles. The molecule has 5 rings (SSSR count). The molecule has 0 aliphatic carbocycles. The number of aromatic hydroxyl groups is 1. The minimum atomic E-state index is -2.98. The number of phenols is 1. The van der Waals surface area contributed by atoms with E-state index in [1.165, 1.54) is 21.5 Å². The van der Waals surface area contributed by atoms with E-state index in [0.29, 0.717) is 5.75 Å². The zero-order valence-electron chi connectivity index (χ0n) is 18.8. The number of phenolic OH excluding ortho intramolecular Hbond substituents is 1. The van der Waals surface area contributed by atoms with Crippen LogP contribution < -0.4 is 15.9 Å². The first-order valence-corrected chi connectivity index (χ1v) is 16.6. The molecule has 0 radical (unpaired) electrons. The van der Waals surface area contributed by atoms with Crippen LogP contribution in [0.2, 0.25) is 0 Å². The predicted octanol–water partition coefficient (Wildman–Crippen LogP) is 7.44. The van der Waals surface area contributed by atoms with E-state index < -0.39 is 4.25 Å². The molecule has 0 unspecified atom stereocenters. The number of para-hydroxylation sites is 1. The third kappa shape index (κ3) is 3.85. The van der Waals surface area contributed by atoms with Gasteiger partial charge >= 0.3 is 215 Å². The maximum atomic E-state index is 10.7. The summed E-state index contributed by atoms with van der Waals surface area (Å²) in [7, 11) is 0. The molecule has 0 saturated carbocycles. The van der Waals surface area contributed by atoms with Crippen LogP contribution >= 0.6 is 26.3 Å². The standard InChI is InChI=1S/C31H26IOP/c32-34(26-15-4-1-5-16-26,27-17-6-2-7-18-27,28-19-8-3-9-20-28)24-25-14-10-11-21-29(25)30-22-12-13-23-31(30)33/h1-23,33H,24H2. The van der Waals surface area contributed by atoms with Gasteiger partial charge in [0.1, 0.15) is 0 Å². The van der Waals surface area contributed by atoms with Gasteiger partial charge in [-0.05, 0) is 0 Å². The van der Waals surface area contributed by atoms with E-state index in [4.69, 9.17) is 0 Å². The SMILES string of the molecule is Oc1ccccc1-c1ccccc1CP(I)(c1ccccc1)(c1ccccc1)c1ccccc1. The van der Waals surface area contributed by atoms with Gasteiger partial charge in [0.25, 0.3) is 0 Å². The average Bonchev–Trinajstić information content (AvgIpc) is 2.91. The van der Waals surface area contributed by atoms with Crippen LogP contribution in [0.3, 0.4) is 0 Å². The summed E-state index contributed by atoms with van der Waals surface area (Å²) < 4.78 is -2.98. The Labute approximate surface area is 214 Å². The molecule has 0 spiro atoms. The molecule has 0 saturated heterocycles. The molecule has 0 bridgehead atoms. The summed E-state index contributed by atoms with van der Waals surface area (Å²) in [6.45, 7) is 0. The van der Waals surface area contributed by atoms with Gasteiger partial charge < -0.3 is 0 Å². The van der Waals surface area contributed by atoms with Crippen molar-refractivity contribution in [2.24, 2.45) is 0 Å². The number of halogens is 1. The first-order chi connectivity index (χ1) is 16.6. The Bertz CT molecular complexity index is 1300. The molecule has 34 heavy (non-hydrogen) atoms. The Balaban J connectivity index is 1.85. The number of benzene rings is 5. The van der Waals surface area contributed by atoms with Gasteiger partial charge in [0.15, 0.2) is 0 Å². The topological polar surface area (TPSA) is 20.2 Å². The second-order valence-corrected chi connectivity index (χ2v) is 19.1. The summed E-state index contributed by atoms with van der Waals surface area (Å²) in [5, 5.41) is 14.7. The monoisotopic (exact) mass is 572 g/mol. The van der Waals surface area contributed by atoms with Gasteiger partial charge in [-0.25, -0.2) is 0 Å². The van der Waals surface area contributed by atoms with Crippen molar-refractivity contribution in [2.75, 3.05) is 0 Å². The molecule has 5 aromatic carbocycles. The zero-order chi connectivity index (χ0) is 23.5. The molecule has 3 heteroatoms. The van der Waals surface area contributed by atoms with Gasteiger partial charge in [-0.2, -0.15) is 0 Å². The number of hydrogen-bond donors (Lipinski definition) is 1. The molecule has 0 heterocycles. The van der Waals surface area contributed by atoms with Gasteiger partial charge in [-0.1, -0.05) is 0 Å². The van der Waals surface area contributed by atoms with Gasteiger partial charge in [0.2, 0.25) is 0 Å². The Hall–Kier alpha value is -2.94. The Kier molecular flexibility index (Phi) is 6.29. The van der Waals surface area contributed by atoms with Gasteiger partial charge in [-0.15, -0.1) is 0 Å². The molecular weight excluding hydrogens is 546 g/mol. The first-order valence-electron chi connectivity index (χ1n) is 11.4. The summed E-state index contributed by atoms with van der Waals surface area (Å²) in [6, 6.07) is 49.0. The molecule has 0 aromatic heterocycles. The molecular formula is C31H26IOP. The van der Waals surface area contributed by atoms with Gasteiger partial charge in [0.05, 0.1) is 0 Å². The Morgan fingerprint density at radius 1 is 0.471 bits per heavy atom. The molecule has 168 valence electrons. The molecule has 1 nitrogen and oxygen atoms in total. The van der Waals surface area contributed by atoms with Gasteiger partial charge in [0, 0.05) is 0 Å². The Morgan fingerprint density at radius 3 is 1.32 bits per heavy atom. The third-order valence-corrected chi connectivity index (χ3v) is 17.7. The normalized spacial score (nSPS) is 12.6. The summed E-state index contributed by atoms with van der Waals surface area (Å²) in [5.74, 6) is 0.308. The van der Waals surface area contributed by atoms with Crippen LogP contribution in [0, 0.1) is 0 Å². The molecule has 0 aliphatic rings. The van der Waals surface area contributed by atoms with Crippen molar-refractivity contribution >= 4 is 42.2 Å². The number of rotatable bonds is 6. The second kappa shape index (κ2) is 9.37. The van der Waals surface area contributed by atoms with Crippen LogP contribution in [-0.2, 0) is 6.16 Å².